The summed E-state index contributed by atoms with van der Waals surface area (Å²) < 4.78 is 0. The van der Waals surface area contributed by atoms with Crippen LogP contribution in [0.3, 0.4) is 0 Å². The highest BCUT2D eigenvalue weighted by Gasteiger charge is 2.53. The number of carboxylic acid groups (broad SMARTS) is 1. The van der Waals surface area contributed by atoms with Crippen molar-refractivity contribution in [1.82, 2.24) is 14.7 Å². The van der Waals surface area contributed by atoms with Crippen molar-refractivity contribution in [3.63, 3.8) is 0 Å². The lowest BCUT2D eigenvalue weighted by molar-refractivity contribution is -0.137. The van der Waals surface area contributed by atoms with Gasteiger partial charge in [-0.05, 0) is 61.9 Å². The predicted molar refractivity (Wildman–Crippen MR) is 172 cm³/mol. The number of hydrogen-bond donors (Lipinski definition) is 1. The van der Waals surface area contributed by atoms with Crippen molar-refractivity contribution in [2.45, 2.75) is 49.5 Å². The van der Waals surface area contributed by atoms with Gasteiger partial charge in [-0.2, -0.15) is 0 Å². The summed E-state index contributed by atoms with van der Waals surface area (Å²) in [5.74, 6) is -0.603. The zero-order chi connectivity index (χ0) is 31.2. The van der Waals surface area contributed by atoms with Gasteiger partial charge >= 0.3 is 5.97 Å². The van der Waals surface area contributed by atoms with Crippen molar-refractivity contribution in [1.29, 1.82) is 0 Å². The van der Waals surface area contributed by atoms with E-state index >= 15 is 0 Å². The standard InChI is InChI=1S/C36H44N4O4/c1-37(2)34(44)36(29-14-6-3-7-15-29,30-16-8-4-9-17-30)23-27-38-25-21-35(22-26-38)33(43)39(24-13-12-20-32(41)42)28-40(35)31-18-10-5-11-19-31/h3-11,14-19H,12-13,20-28H2,1-2H3,(H,41,42). The number of nitrogens with zero attached hydrogens (tertiary/aromatic N) is 4. The summed E-state index contributed by atoms with van der Waals surface area (Å²) >= 11 is 0. The van der Waals surface area contributed by atoms with Crippen LogP contribution in [0.2, 0.25) is 0 Å². The molecule has 8 nitrogen and oxygen atoms in total. The molecule has 0 bridgehead atoms. The van der Waals surface area contributed by atoms with Gasteiger partial charge < -0.3 is 24.7 Å². The van der Waals surface area contributed by atoms with Crippen molar-refractivity contribution in [3.8, 4) is 0 Å². The molecule has 2 fully saturated rings. The van der Waals surface area contributed by atoms with Crippen LogP contribution in [0.4, 0.5) is 5.69 Å². The molecule has 1 N–H and O–H groups in total. The average molecular weight is 597 g/mol. The number of piperidine rings is 1. The number of hydrogen-bond acceptors (Lipinski definition) is 5. The van der Waals surface area contributed by atoms with Gasteiger partial charge in [0.2, 0.25) is 11.8 Å². The normalized spacial score (nSPS) is 16.8. The first kappa shape index (κ1) is 31.3. The Bertz CT molecular complexity index is 1370. The molecule has 2 heterocycles. The lowest BCUT2D eigenvalue weighted by Crippen LogP contribution is -2.57. The number of unbranched alkanes of at least 4 members (excludes halogenated alkanes) is 1. The first-order valence-electron chi connectivity index (χ1n) is 15.7. The fourth-order valence-electron chi connectivity index (χ4n) is 7.06. The molecular weight excluding hydrogens is 552 g/mol. The SMILES string of the molecule is CN(C)C(=O)C(CCN1CCC2(CC1)C(=O)N(CCCCC(=O)O)CN2c1ccccc1)(c1ccccc1)c1ccccc1. The van der Waals surface area contributed by atoms with Gasteiger partial charge in [-0.15, -0.1) is 0 Å². The van der Waals surface area contributed by atoms with E-state index in [4.69, 9.17) is 5.11 Å². The molecule has 3 aromatic rings. The summed E-state index contributed by atoms with van der Waals surface area (Å²) in [7, 11) is 3.65. The number of carbonyl (C=O) groups is 3. The smallest absolute Gasteiger partial charge is 0.303 e. The van der Waals surface area contributed by atoms with Crippen LogP contribution >= 0.6 is 0 Å². The maximum absolute atomic E-state index is 14.1. The van der Waals surface area contributed by atoms with Gasteiger partial charge in [0.05, 0.1) is 6.67 Å². The van der Waals surface area contributed by atoms with Crippen LogP contribution in [0.1, 0.15) is 49.7 Å². The number of para-hydroxylation sites is 1. The lowest BCUT2D eigenvalue weighted by atomic mass is 9.70. The number of carboxylic acids is 1. The van der Waals surface area contributed by atoms with Crippen LogP contribution < -0.4 is 4.90 Å². The van der Waals surface area contributed by atoms with Gasteiger partial charge in [0.25, 0.3) is 0 Å². The van der Waals surface area contributed by atoms with Crippen molar-refractivity contribution in [3.05, 3.63) is 102 Å². The number of likely N-dealkylation sites (tertiary alicyclic amines) is 1. The van der Waals surface area contributed by atoms with Crippen molar-refractivity contribution in [2.75, 3.05) is 51.8 Å². The minimum absolute atomic E-state index is 0.0585. The molecule has 1 spiro atoms. The number of benzene rings is 3. The summed E-state index contributed by atoms with van der Waals surface area (Å²) in [6.07, 6.45) is 3.35. The van der Waals surface area contributed by atoms with Gasteiger partial charge in [0, 0.05) is 45.8 Å². The van der Waals surface area contributed by atoms with Gasteiger partial charge in [0.15, 0.2) is 0 Å². The van der Waals surface area contributed by atoms with E-state index < -0.39 is 16.9 Å². The maximum atomic E-state index is 14.1. The summed E-state index contributed by atoms with van der Waals surface area (Å²) in [5, 5.41) is 9.04. The molecule has 0 radical (unpaired) electrons. The number of anilines is 1. The molecule has 3 aromatic carbocycles. The Hall–Kier alpha value is -4.17. The van der Waals surface area contributed by atoms with Crippen LogP contribution in [0, 0.1) is 0 Å². The fourth-order valence-corrected chi connectivity index (χ4v) is 7.06. The zero-order valence-corrected chi connectivity index (χ0v) is 25.9. The van der Waals surface area contributed by atoms with E-state index in [1.165, 1.54) is 0 Å². The second-order valence-electron chi connectivity index (χ2n) is 12.3. The molecule has 44 heavy (non-hydrogen) atoms. The van der Waals surface area contributed by atoms with E-state index in [1.54, 1.807) is 4.90 Å². The van der Waals surface area contributed by atoms with Gasteiger partial charge in [-0.3, -0.25) is 14.4 Å². The largest absolute Gasteiger partial charge is 0.481 e. The molecule has 2 aliphatic heterocycles. The van der Waals surface area contributed by atoms with Crippen LogP contribution in [0.15, 0.2) is 91.0 Å². The first-order valence-corrected chi connectivity index (χ1v) is 15.7. The van der Waals surface area contributed by atoms with Crippen molar-refractivity contribution >= 4 is 23.5 Å². The van der Waals surface area contributed by atoms with Gasteiger partial charge in [-0.1, -0.05) is 78.9 Å². The van der Waals surface area contributed by atoms with Gasteiger partial charge in [0.1, 0.15) is 11.0 Å². The average Bonchev–Trinajstić information content (AvgIpc) is 3.31. The summed E-state index contributed by atoms with van der Waals surface area (Å²) in [5.41, 5.74) is 1.55. The molecule has 0 aliphatic carbocycles. The molecule has 0 unspecified atom stereocenters. The van der Waals surface area contributed by atoms with E-state index in [-0.39, 0.29) is 18.2 Å². The Labute approximate surface area is 260 Å². The van der Waals surface area contributed by atoms with Gasteiger partial charge in [-0.25, -0.2) is 0 Å². The highest BCUT2D eigenvalue weighted by atomic mass is 16.4. The third-order valence-corrected chi connectivity index (χ3v) is 9.44. The fraction of sp³-hybridized carbons (Fsp3) is 0.417. The molecule has 0 atom stereocenters. The minimum Gasteiger partial charge on any atom is -0.481 e. The Morgan fingerprint density at radius 1 is 0.818 bits per heavy atom. The van der Waals surface area contributed by atoms with Crippen molar-refractivity contribution < 1.29 is 19.5 Å². The number of amides is 2. The van der Waals surface area contributed by atoms with E-state index in [9.17, 15) is 14.4 Å². The van der Waals surface area contributed by atoms with Crippen LogP contribution in [-0.4, -0.2) is 90.1 Å². The maximum Gasteiger partial charge on any atom is 0.303 e. The van der Waals surface area contributed by atoms with Crippen molar-refractivity contribution in [2.24, 2.45) is 0 Å². The number of aliphatic carboxylic acids is 1. The molecule has 2 saturated heterocycles. The van der Waals surface area contributed by atoms with E-state index in [0.717, 1.165) is 36.4 Å². The van der Waals surface area contributed by atoms with Crippen LogP contribution in [0.25, 0.3) is 0 Å². The molecule has 2 aliphatic rings. The summed E-state index contributed by atoms with van der Waals surface area (Å²) in [6, 6.07) is 30.3. The van der Waals surface area contributed by atoms with Crippen LogP contribution in [-0.2, 0) is 19.8 Å². The monoisotopic (exact) mass is 596 g/mol. The second kappa shape index (κ2) is 13.6. The lowest BCUT2D eigenvalue weighted by Gasteiger charge is -2.44. The molecule has 5 rings (SSSR count). The van der Waals surface area contributed by atoms with E-state index in [2.05, 4.69) is 46.2 Å². The molecule has 8 heteroatoms. The quantitative estimate of drug-likeness (QED) is 0.301. The predicted octanol–water partition coefficient (Wildman–Crippen LogP) is 4.85. The number of rotatable bonds is 12. The Morgan fingerprint density at radius 3 is 1.89 bits per heavy atom. The van der Waals surface area contributed by atoms with E-state index in [1.807, 2.05) is 73.6 Å². The Kier molecular flexibility index (Phi) is 9.69. The zero-order valence-electron chi connectivity index (χ0n) is 25.9. The number of likely N-dealkylation sites (N-methyl/N-ethyl adjacent to an activating group) is 1. The highest BCUT2D eigenvalue weighted by Crippen LogP contribution is 2.41. The minimum atomic E-state index is -0.826. The molecule has 2 amide bonds. The molecular formula is C36H44N4O4. The first-order chi connectivity index (χ1) is 21.3. The second-order valence-corrected chi connectivity index (χ2v) is 12.3. The molecule has 0 saturated carbocycles. The third-order valence-electron chi connectivity index (χ3n) is 9.44. The Balaban J connectivity index is 1.36. The van der Waals surface area contributed by atoms with Crippen LogP contribution in [0.5, 0.6) is 0 Å². The Morgan fingerprint density at radius 2 is 1.36 bits per heavy atom. The molecule has 0 aromatic heterocycles. The molecule has 232 valence electrons. The van der Waals surface area contributed by atoms with E-state index in [0.29, 0.717) is 45.3 Å². The summed E-state index contributed by atoms with van der Waals surface area (Å²) in [6.45, 7) is 3.29. The highest BCUT2D eigenvalue weighted by molar-refractivity contribution is 5.94. The third kappa shape index (κ3) is 6.22. The number of carbonyl (C=O) groups excluding carboxylic acids is 2. The topological polar surface area (TPSA) is 84.4 Å². The summed E-state index contributed by atoms with van der Waals surface area (Å²) in [4.78, 5) is 47.4.